The van der Waals surface area contributed by atoms with Crippen molar-refractivity contribution in [1.82, 2.24) is 14.8 Å². The Morgan fingerprint density at radius 3 is 2.70 bits per heavy atom. The highest BCUT2D eigenvalue weighted by molar-refractivity contribution is 6.00. The molecule has 3 N–H and O–H groups in total. The van der Waals surface area contributed by atoms with Crippen LogP contribution in [0.1, 0.15) is 61.8 Å². The number of fused-ring (bicyclic) bond motifs is 2. The molecule has 2 aromatic carbocycles. The van der Waals surface area contributed by atoms with Crippen molar-refractivity contribution >= 4 is 27.8 Å². The monoisotopic (exact) mass is 453 g/mol. The van der Waals surface area contributed by atoms with Crippen LogP contribution in [0.4, 0.5) is 8.78 Å². The zero-order valence-corrected chi connectivity index (χ0v) is 18.6. The Balaban J connectivity index is 1.88. The summed E-state index contributed by atoms with van der Waals surface area (Å²) >= 11 is 0. The van der Waals surface area contributed by atoms with E-state index in [4.69, 9.17) is 0 Å². The van der Waals surface area contributed by atoms with Crippen LogP contribution in [0.3, 0.4) is 0 Å². The molecule has 2 heterocycles. The zero-order chi connectivity index (χ0) is 23.7. The Hall–Kier alpha value is -3.26. The van der Waals surface area contributed by atoms with Gasteiger partial charge in [0.05, 0.1) is 11.7 Å². The van der Waals surface area contributed by atoms with Crippen molar-refractivity contribution in [3.8, 4) is 5.69 Å². The maximum Gasteiger partial charge on any atom is 0.335 e. The second kappa shape index (κ2) is 7.38. The van der Waals surface area contributed by atoms with Crippen molar-refractivity contribution in [3.05, 3.63) is 58.9 Å². The molecule has 2 atom stereocenters. The summed E-state index contributed by atoms with van der Waals surface area (Å²) < 4.78 is 32.0. The molecule has 4 aromatic rings. The van der Waals surface area contributed by atoms with Crippen LogP contribution in [-0.4, -0.2) is 36.5 Å². The van der Waals surface area contributed by atoms with Crippen LogP contribution in [-0.2, 0) is 4.79 Å². The first-order valence-electron chi connectivity index (χ1n) is 11.0. The fourth-order valence-electron chi connectivity index (χ4n) is 5.34. The van der Waals surface area contributed by atoms with Crippen LogP contribution in [0.5, 0.6) is 0 Å². The van der Waals surface area contributed by atoms with Crippen LogP contribution in [0, 0.1) is 18.6 Å². The second-order valence-electron chi connectivity index (χ2n) is 9.42. The summed E-state index contributed by atoms with van der Waals surface area (Å²) in [6, 6.07) is 6.64. The Bertz CT molecular complexity index is 1420. The second-order valence-corrected chi connectivity index (χ2v) is 9.42. The van der Waals surface area contributed by atoms with Gasteiger partial charge in [0.2, 0.25) is 0 Å². The molecule has 0 aliphatic heterocycles. The van der Waals surface area contributed by atoms with Crippen LogP contribution < -0.4 is 0 Å². The molecule has 0 saturated heterocycles. The van der Waals surface area contributed by atoms with Gasteiger partial charge in [0, 0.05) is 22.2 Å². The van der Waals surface area contributed by atoms with Crippen molar-refractivity contribution in [3.63, 3.8) is 0 Å². The number of carboxylic acid groups (broad SMARTS) is 1. The van der Waals surface area contributed by atoms with Crippen molar-refractivity contribution in [1.29, 1.82) is 0 Å². The summed E-state index contributed by atoms with van der Waals surface area (Å²) in [5, 5.41) is 27.9. The summed E-state index contributed by atoms with van der Waals surface area (Å²) in [5.74, 6) is -2.44. The third-order valence-corrected chi connectivity index (χ3v) is 6.93. The van der Waals surface area contributed by atoms with E-state index in [1.54, 1.807) is 25.3 Å². The van der Waals surface area contributed by atoms with Crippen LogP contribution in [0.15, 0.2) is 30.5 Å². The molecule has 1 saturated carbocycles. The predicted octanol–water partition coefficient (Wildman–Crippen LogP) is 5.30. The number of nitrogens with one attached hydrogen (secondary N) is 1. The Labute approximate surface area is 188 Å². The first-order chi connectivity index (χ1) is 15.6. The molecule has 5 rings (SSSR count). The lowest BCUT2D eigenvalue weighted by atomic mass is 9.89. The smallest absolute Gasteiger partial charge is 0.335 e. The van der Waals surface area contributed by atoms with E-state index in [9.17, 15) is 19.4 Å². The van der Waals surface area contributed by atoms with E-state index >= 15 is 4.39 Å². The van der Waals surface area contributed by atoms with Crippen molar-refractivity contribution in [2.45, 2.75) is 57.5 Å². The molecule has 8 heteroatoms. The lowest BCUT2D eigenvalue weighted by molar-refractivity contribution is -0.157. The molecular formula is C25H25F2N3O3. The van der Waals surface area contributed by atoms with Gasteiger partial charge in [0.1, 0.15) is 11.3 Å². The minimum absolute atomic E-state index is 0.00403. The number of hydrogen-bond donors (Lipinski definition) is 3. The van der Waals surface area contributed by atoms with Crippen molar-refractivity contribution < 1.29 is 23.8 Å². The Morgan fingerprint density at radius 2 is 2.06 bits per heavy atom. The van der Waals surface area contributed by atoms with Gasteiger partial charge in [-0.2, -0.15) is 5.10 Å². The number of rotatable bonds is 4. The number of nitrogens with zero attached hydrogens (tertiary/aromatic N) is 2. The highest BCUT2D eigenvalue weighted by Gasteiger charge is 2.46. The fourth-order valence-corrected chi connectivity index (χ4v) is 5.34. The quantitative estimate of drug-likeness (QED) is 0.391. The first kappa shape index (κ1) is 21.6. The molecule has 6 nitrogen and oxygen atoms in total. The van der Waals surface area contributed by atoms with Gasteiger partial charge < -0.3 is 14.8 Å². The molecule has 2 aromatic heterocycles. The summed E-state index contributed by atoms with van der Waals surface area (Å²) in [6.07, 6.45) is 2.08. The van der Waals surface area contributed by atoms with E-state index in [0.717, 1.165) is 5.69 Å². The number of benzene rings is 2. The number of aromatic amines is 1. The number of aliphatic hydroxyl groups is 1. The minimum atomic E-state index is -1.84. The molecule has 0 radical (unpaired) electrons. The summed E-state index contributed by atoms with van der Waals surface area (Å²) in [4.78, 5) is 11.7. The van der Waals surface area contributed by atoms with Crippen molar-refractivity contribution in [2.24, 2.45) is 0 Å². The molecule has 0 unspecified atom stereocenters. The summed E-state index contributed by atoms with van der Waals surface area (Å²) in [7, 11) is 0. The first-order valence-corrected chi connectivity index (χ1v) is 11.0. The molecule has 172 valence electrons. The summed E-state index contributed by atoms with van der Waals surface area (Å²) in [6.45, 7) is 5.67. The van der Waals surface area contributed by atoms with Gasteiger partial charge in [0.25, 0.3) is 0 Å². The number of carboxylic acids is 1. The van der Waals surface area contributed by atoms with E-state index in [1.807, 2.05) is 24.5 Å². The molecule has 0 spiro atoms. The summed E-state index contributed by atoms with van der Waals surface area (Å²) in [5.41, 5.74) is 1.74. The van der Waals surface area contributed by atoms with Gasteiger partial charge in [-0.15, -0.1) is 0 Å². The van der Waals surface area contributed by atoms with Gasteiger partial charge in [-0.05, 0) is 73.4 Å². The Morgan fingerprint density at radius 1 is 1.30 bits per heavy atom. The van der Waals surface area contributed by atoms with Crippen LogP contribution >= 0.6 is 0 Å². The molecule has 33 heavy (non-hydrogen) atoms. The van der Waals surface area contributed by atoms with Crippen molar-refractivity contribution in [2.75, 3.05) is 0 Å². The minimum Gasteiger partial charge on any atom is -0.479 e. The molecule has 1 aliphatic rings. The zero-order valence-electron chi connectivity index (χ0n) is 18.6. The van der Waals surface area contributed by atoms with E-state index in [2.05, 4.69) is 10.2 Å². The number of halogens is 2. The predicted molar refractivity (Wildman–Crippen MR) is 121 cm³/mol. The molecule has 0 bridgehead atoms. The Kier molecular flexibility index (Phi) is 4.83. The average Bonchev–Trinajstić information content (AvgIpc) is 3.46. The molecule has 0 amide bonds. The lowest BCUT2D eigenvalue weighted by Gasteiger charge is -2.20. The van der Waals surface area contributed by atoms with Gasteiger partial charge in [0.15, 0.2) is 11.4 Å². The van der Waals surface area contributed by atoms with E-state index < -0.39 is 17.4 Å². The topological polar surface area (TPSA) is 91.1 Å². The lowest BCUT2D eigenvalue weighted by Crippen LogP contribution is -2.35. The number of aliphatic carboxylic acids is 1. The largest absolute Gasteiger partial charge is 0.479 e. The van der Waals surface area contributed by atoms with Crippen LogP contribution in [0.25, 0.3) is 27.5 Å². The molecule has 1 fully saturated rings. The molecular weight excluding hydrogens is 428 g/mol. The fraction of sp³-hybridized carbons (Fsp3) is 0.360. The highest BCUT2D eigenvalue weighted by Crippen LogP contribution is 2.49. The number of H-pyrrole nitrogens is 1. The number of aromatic nitrogens is 3. The van der Waals surface area contributed by atoms with E-state index in [0.29, 0.717) is 39.5 Å². The van der Waals surface area contributed by atoms with Gasteiger partial charge in [-0.25, -0.2) is 13.6 Å². The maximum atomic E-state index is 16.0. The maximum absolute atomic E-state index is 16.0. The van der Waals surface area contributed by atoms with E-state index in [1.165, 1.54) is 6.07 Å². The van der Waals surface area contributed by atoms with Gasteiger partial charge in [-0.3, -0.25) is 5.10 Å². The number of aryl methyl sites for hydroxylation is 1. The number of carbonyl (C=O) groups is 1. The number of hydrogen-bond acceptors (Lipinski definition) is 3. The highest BCUT2D eigenvalue weighted by atomic mass is 19.1. The SMILES string of the molecule is Cc1cc(-n2c(C(C)C)c([C@@H]3CC[C@@](O)(C(=O)O)C3)c3c(F)c4[nH]ncc4cc32)ccc1F. The van der Waals surface area contributed by atoms with E-state index in [-0.39, 0.29) is 36.0 Å². The third kappa shape index (κ3) is 3.15. The normalized spacial score (nSPS) is 21.0. The van der Waals surface area contributed by atoms with Gasteiger partial charge in [-0.1, -0.05) is 13.8 Å². The molecule has 1 aliphatic carbocycles. The average molecular weight is 453 g/mol. The van der Waals surface area contributed by atoms with Gasteiger partial charge >= 0.3 is 5.97 Å². The third-order valence-electron chi connectivity index (χ3n) is 6.93. The standard InChI is InChI=1S/C25H25F2N3O3/c1-12(2)23-19(14-6-7-25(33,10-14)24(31)32)20-18(9-15-11-28-29-22(15)21(20)27)30(23)16-4-5-17(26)13(3)8-16/h4-5,8-9,11-12,14,33H,6-7,10H2,1-3H3,(H,28,29)(H,31,32)/t14-,25+/m1/s1. The van der Waals surface area contributed by atoms with Crippen LogP contribution in [0.2, 0.25) is 0 Å².